The minimum absolute atomic E-state index is 0.0894. The summed E-state index contributed by atoms with van der Waals surface area (Å²) in [5.41, 5.74) is 2.73. The monoisotopic (exact) mass is 962 g/mol. The van der Waals surface area contributed by atoms with Gasteiger partial charge in [-0.25, -0.2) is 0 Å². The van der Waals surface area contributed by atoms with E-state index in [4.69, 9.17) is 29.0 Å². The molecule has 2 amide bonds. The van der Waals surface area contributed by atoms with Crippen LogP contribution in [0.15, 0.2) is 82.6 Å². The number of ether oxygens (including phenoxy) is 2. The SMILES string of the molecule is CCOC(=O)C1CCN(C(=O)C=Cc2ccc(Sc3ccc(C=CC(=O)N4CCC(C(=O)OCC)CC4)c(-c4ccc5c(c4)CCOO5)c3[N+](=O)[O-])c([N+](=O)[O-])c2-c2ccc3c(c2)CCOO3)CC1. The fourth-order valence-electron chi connectivity index (χ4n) is 8.97. The van der Waals surface area contributed by atoms with Crippen molar-refractivity contribution in [2.24, 2.45) is 11.8 Å². The summed E-state index contributed by atoms with van der Waals surface area (Å²) in [4.78, 5) is 102. The highest BCUT2D eigenvalue weighted by atomic mass is 32.2. The molecule has 0 unspecified atom stereocenters. The van der Waals surface area contributed by atoms with Gasteiger partial charge in [0.25, 0.3) is 11.4 Å². The molecule has 4 aromatic rings. The van der Waals surface area contributed by atoms with E-state index in [2.05, 4.69) is 0 Å². The first-order valence-electron chi connectivity index (χ1n) is 22.9. The van der Waals surface area contributed by atoms with Crippen molar-refractivity contribution in [3.05, 3.63) is 115 Å². The molecule has 19 heteroatoms. The molecule has 0 saturated carbocycles. The summed E-state index contributed by atoms with van der Waals surface area (Å²) in [6, 6.07) is 16.4. The van der Waals surface area contributed by atoms with E-state index in [0.717, 1.165) is 22.9 Å². The van der Waals surface area contributed by atoms with Gasteiger partial charge >= 0.3 is 11.9 Å². The normalized spacial score (nSPS) is 16.3. The van der Waals surface area contributed by atoms with E-state index in [-0.39, 0.29) is 94.3 Å². The topological polar surface area (TPSA) is 216 Å². The molecule has 360 valence electrons. The van der Waals surface area contributed by atoms with Gasteiger partial charge in [0.05, 0.1) is 69.0 Å². The third-order valence-corrected chi connectivity index (χ3v) is 13.6. The third-order valence-electron chi connectivity index (χ3n) is 12.5. The number of esters is 2. The van der Waals surface area contributed by atoms with Crippen molar-refractivity contribution in [1.29, 1.82) is 0 Å². The van der Waals surface area contributed by atoms with E-state index in [1.807, 2.05) is 0 Å². The minimum Gasteiger partial charge on any atom is -0.466 e. The number of amides is 2. The van der Waals surface area contributed by atoms with Crippen molar-refractivity contribution in [2.75, 3.05) is 52.6 Å². The van der Waals surface area contributed by atoms with Crippen LogP contribution >= 0.6 is 11.8 Å². The van der Waals surface area contributed by atoms with Crippen molar-refractivity contribution in [2.45, 2.75) is 62.2 Å². The molecule has 0 spiro atoms. The van der Waals surface area contributed by atoms with Crippen molar-refractivity contribution < 1.29 is 58.0 Å². The molecule has 69 heavy (non-hydrogen) atoms. The first-order chi connectivity index (χ1) is 33.4. The quantitative estimate of drug-likeness (QED) is 0.0381. The highest BCUT2D eigenvalue weighted by Crippen LogP contribution is 2.49. The number of fused-ring (bicyclic) bond motifs is 2. The number of carbonyl (C=O) groups is 4. The Morgan fingerprint density at radius 1 is 0.638 bits per heavy atom. The highest BCUT2D eigenvalue weighted by Gasteiger charge is 2.33. The molecule has 4 heterocycles. The van der Waals surface area contributed by atoms with Crippen LogP contribution in [0.25, 0.3) is 34.4 Å². The van der Waals surface area contributed by atoms with E-state index in [9.17, 15) is 39.4 Å². The minimum atomic E-state index is -0.535. The van der Waals surface area contributed by atoms with Crippen molar-refractivity contribution in [3.63, 3.8) is 0 Å². The van der Waals surface area contributed by atoms with Crippen LogP contribution in [-0.4, -0.2) is 96.0 Å². The molecule has 4 aliphatic heterocycles. The molecule has 0 N–H and O–H groups in total. The average molecular weight is 963 g/mol. The molecule has 18 nitrogen and oxygen atoms in total. The second kappa shape index (κ2) is 21.9. The Labute approximate surface area is 401 Å². The van der Waals surface area contributed by atoms with Crippen LogP contribution in [0.1, 0.15) is 61.8 Å². The van der Waals surface area contributed by atoms with E-state index < -0.39 is 9.85 Å². The van der Waals surface area contributed by atoms with Gasteiger partial charge < -0.3 is 29.0 Å². The molecule has 2 fully saturated rings. The molecule has 0 atom stereocenters. The average Bonchev–Trinajstić information content (AvgIpc) is 3.37. The smallest absolute Gasteiger partial charge is 0.309 e. The van der Waals surface area contributed by atoms with Gasteiger partial charge in [-0.1, -0.05) is 36.0 Å². The first kappa shape index (κ1) is 48.4. The van der Waals surface area contributed by atoms with Gasteiger partial charge in [-0.2, -0.15) is 9.78 Å². The van der Waals surface area contributed by atoms with Crippen LogP contribution in [0.4, 0.5) is 11.4 Å². The van der Waals surface area contributed by atoms with E-state index in [1.54, 1.807) is 72.2 Å². The summed E-state index contributed by atoms with van der Waals surface area (Å²) in [6.07, 6.45) is 8.45. The highest BCUT2D eigenvalue weighted by molar-refractivity contribution is 7.99. The first-order valence-corrected chi connectivity index (χ1v) is 23.7. The van der Waals surface area contributed by atoms with Gasteiger partial charge in [0, 0.05) is 62.3 Å². The van der Waals surface area contributed by atoms with Crippen LogP contribution in [0, 0.1) is 32.1 Å². The predicted molar refractivity (Wildman–Crippen MR) is 252 cm³/mol. The maximum atomic E-state index is 13.6. The molecule has 0 radical (unpaired) electrons. The maximum absolute atomic E-state index is 13.6. The summed E-state index contributed by atoms with van der Waals surface area (Å²) in [6.45, 7) is 5.87. The Kier molecular flexibility index (Phi) is 15.4. The molecule has 8 rings (SSSR count). The number of nitro groups is 2. The maximum Gasteiger partial charge on any atom is 0.309 e. The van der Waals surface area contributed by atoms with Crippen LogP contribution in [0.2, 0.25) is 0 Å². The number of carbonyl (C=O) groups excluding carboxylic acids is 4. The van der Waals surface area contributed by atoms with E-state index in [0.29, 0.717) is 98.5 Å². The molecule has 0 bridgehead atoms. The third kappa shape index (κ3) is 11.0. The largest absolute Gasteiger partial charge is 0.466 e. The number of nitrogens with zero attached hydrogens (tertiary/aromatic N) is 4. The number of benzene rings is 4. The molecule has 4 aromatic carbocycles. The van der Waals surface area contributed by atoms with Gasteiger partial charge in [0.15, 0.2) is 11.5 Å². The van der Waals surface area contributed by atoms with E-state index >= 15 is 0 Å². The zero-order valence-corrected chi connectivity index (χ0v) is 38.9. The molecular weight excluding hydrogens is 913 g/mol. The number of hydrogen-bond acceptors (Lipinski definition) is 15. The fourth-order valence-corrected chi connectivity index (χ4v) is 10.0. The fraction of sp³-hybridized carbons (Fsp3) is 0.360. The Hall–Kier alpha value is -7.09. The second-order valence-corrected chi connectivity index (χ2v) is 17.8. The van der Waals surface area contributed by atoms with Crippen LogP contribution in [0.3, 0.4) is 0 Å². The lowest BCUT2D eigenvalue weighted by molar-refractivity contribution is -0.387. The molecule has 0 aliphatic carbocycles. The number of rotatable bonds is 14. The molecule has 0 aromatic heterocycles. The summed E-state index contributed by atoms with van der Waals surface area (Å²) in [5.74, 6) is -0.944. The summed E-state index contributed by atoms with van der Waals surface area (Å²) in [7, 11) is 0. The zero-order valence-electron chi connectivity index (χ0n) is 38.0. The van der Waals surface area contributed by atoms with Gasteiger partial charge in [-0.05, 0) is 110 Å². The van der Waals surface area contributed by atoms with E-state index in [1.165, 1.54) is 36.4 Å². The number of nitro benzene ring substituents is 2. The van der Waals surface area contributed by atoms with Gasteiger partial charge in [0.2, 0.25) is 11.8 Å². The standard InChI is InChI=1S/C50H50N4O14S/c1-3-63-49(57)33-17-23-51(24-18-33)43(55)15-9-31-7-13-41(47(53(59)60)45(31)37-5-11-39-35(29-37)21-27-65-67-39)69-42-14-8-32(10-16-44(56)52-25-19-34(20-26-52)50(58)64-4-2)46(48(42)54(61)62)38-6-12-40-36(30-38)22-28-66-68-40/h5-16,29-30,33-34H,3-4,17-28H2,1-2H3. The Morgan fingerprint density at radius 3 is 1.42 bits per heavy atom. The lowest BCUT2D eigenvalue weighted by Crippen LogP contribution is -2.39. The van der Waals surface area contributed by atoms with Gasteiger partial charge in [-0.15, -0.1) is 0 Å². The lowest BCUT2D eigenvalue weighted by Gasteiger charge is -2.30. The summed E-state index contributed by atoms with van der Waals surface area (Å²) >= 11 is 0.849. The molecule has 4 aliphatic rings. The molecule has 2 saturated heterocycles. The van der Waals surface area contributed by atoms with Crippen molar-refractivity contribution in [3.8, 4) is 33.8 Å². The van der Waals surface area contributed by atoms with Crippen LogP contribution in [0.5, 0.6) is 11.5 Å². The number of piperidine rings is 2. The number of hydrogen-bond donors (Lipinski definition) is 0. The van der Waals surface area contributed by atoms with Crippen molar-refractivity contribution in [1.82, 2.24) is 9.80 Å². The second-order valence-electron chi connectivity index (χ2n) is 16.7. The number of likely N-dealkylation sites (tertiary alicyclic amines) is 2. The lowest BCUT2D eigenvalue weighted by atomic mass is 9.94. The van der Waals surface area contributed by atoms with Crippen LogP contribution in [-0.2, 0) is 51.3 Å². The van der Waals surface area contributed by atoms with Crippen LogP contribution < -0.4 is 9.78 Å². The summed E-state index contributed by atoms with van der Waals surface area (Å²) in [5, 5.41) is 26.8. The Morgan fingerprint density at radius 2 is 1.04 bits per heavy atom. The van der Waals surface area contributed by atoms with Gasteiger partial charge in [0.1, 0.15) is 0 Å². The van der Waals surface area contributed by atoms with Gasteiger partial charge in [-0.3, -0.25) is 39.4 Å². The predicted octanol–water partition coefficient (Wildman–Crippen LogP) is 8.35. The summed E-state index contributed by atoms with van der Waals surface area (Å²) < 4.78 is 10.3. The Bertz CT molecular complexity index is 2540. The van der Waals surface area contributed by atoms with Crippen molar-refractivity contribution >= 4 is 59.0 Å². The Balaban J connectivity index is 1.18. The molecular formula is C50H50N4O14S. The zero-order chi connectivity index (χ0) is 48.6.